The van der Waals surface area contributed by atoms with Crippen LogP contribution in [0, 0.1) is 5.41 Å². The molecule has 0 aliphatic carbocycles. The number of rotatable bonds is 7. The predicted molar refractivity (Wildman–Crippen MR) is 74.0 cm³/mol. The van der Waals surface area contributed by atoms with Gasteiger partial charge in [-0.25, -0.2) is 0 Å². The van der Waals surface area contributed by atoms with Gasteiger partial charge in [0.1, 0.15) is 0 Å². The maximum Gasteiger partial charge on any atom is 0.237 e. The number of carbonyl (C=O) groups excluding carboxylic acids is 1. The van der Waals surface area contributed by atoms with Crippen LogP contribution >= 0.6 is 0 Å². The summed E-state index contributed by atoms with van der Waals surface area (Å²) in [7, 11) is 0. The molecule has 0 aromatic heterocycles. The SMILES string of the molecule is CCC(C)(C)CNC(C)C(=O)NC(C)(C)CC. The third kappa shape index (κ3) is 6.67. The fourth-order valence-electron chi connectivity index (χ4n) is 1.18. The number of carbonyl (C=O) groups is 1. The second kappa shape index (κ2) is 6.39. The van der Waals surface area contributed by atoms with Gasteiger partial charge in [-0.15, -0.1) is 0 Å². The van der Waals surface area contributed by atoms with Gasteiger partial charge in [0.05, 0.1) is 6.04 Å². The highest BCUT2D eigenvalue weighted by atomic mass is 16.2. The molecule has 0 aromatic rings. The Balaban J connectivity index is 4.16. The lowest BCUT2D eigenvalue weighted by atomic mass is 9.90. The van der Waals surface area contributed by atoms with E-state index in [2.05, 4.69) is 38.3 Å². The highest BCUT2D eigenvalue weighted by Crippen LogP contribution is 2.18. The number of nitrogens with one attached hydrogen (secondary N) is 2. The van der Waals surface area contributed by atoms with Crippen molar-refractivity contribution in [3.8, 4) is 0 Å². The summed E-state index contributed by atoms with van der Waals surface area (Å²) in [5, 5.41) is 6.37. The molecule has 0 radical (unpaired) electrons. The van der Waals surface area contributed by atoms with Crippen molar-refractivity contribution in [2.75, 3.05) is 6.54 Å². The molecule has 3 nitrogen and oxygen atoms in total. The average molecular weight is 242 g/mol. The van der Waals surface area contributed by atoms with Crippen LogP contribution in [-0.4, -0.2) is 24.0 Å². The quantitative estimate of drug-likeness (QED) is 0.720. The van der Waals surface area contributed by atoms with Gasteiger partial charge in [0.2, 0.25) is 5.91 Å². The molecular weight excluding hydrogens is 212 g/mol. The highest BCUT2D eigenvalue weighted by Gasteiger charge is 2.23. The largest absolute Gasteiger partial charge is 0.350 e. The standard InChI is InChI=1S/C14H30N2O/c1-8-13(4,5)10-15-11(3)12(17)16-14(6,7)9-2/h11,15H,8-10H2,1-7H3,(H,16,17). The first-order valence-electron chi connectivity index (χ1n) is 6.69. The van der Waals surface area contributed by atoms with E-state index in [0.717, 1.165) is 19.4 Å². The van der Waals surface area contributed by atoms with Crippen LogP contribution in [0.3, 0.4) is 0 Å². The molecular formula is C14H30N2O. The van der Waals surface area contributed by atoms with Gasteiger partial charge in [-0.1, -0.05) is 27.7 Å². The molecule has 0 heterocycles. The third-order valence-corrected chi connectivity index (χ3v) is 3.58. The summed E-state index contributed by atoms with van der Waals surface area (Å²) in [6.07, 6.45) is 2.04. The molecule has 1 amide bonds. The molecule has 0 spiro atoms. The van der Waals surface area contributed by atoms with Gasteiger partial charge in [0.25, 0.3) is 0 Å². The van der Waals surface area contributed by atoms with Gasteiger partial charge in [-0.05, 0) is 39.0 Å². The Labute approximate surface area is 107 Å². The summed E-state index contributed by atoms with van der Waals surface area (Å²) in [4.78, 5) is 11.9. The molecule has 0 aliphatic heterocycles. The lowest BCUT2D eigenvalue weighted by Gasteiger charge is -2.29. The van der Waals surface area contributed by atoms with Crippen molar-refractivity contribution in [3.05, 3.63) is 0 Å². The van der Waals surface area contributed by atoms with Crippen molar-refractivity contribution >= 4 is 5.91 Å². The summed E-state index contributed by atoms with van der Waals surface area (Å²) in [6.45, 7) is 15.6. The average Bonchev–Trinajstić information content (AvgIpc) is 2.25. The number of hydrogen-bond donors (Lipinski definition) is 2. The molecule has 0 fully saturated rings. The fourth-order valence-corrected chi connectivity index (χ4v) is 1.18. The van der Waals surface area contributed by atoms with Gasteiger partial charge in [-0.3, -0.25) is 4.79 Å². The van der Waals surface area contributed by atoms with Crippen LogP contribution in [-0.2, 0) is 4.79 Å². The monoisotopic (exact) mass is 242 g/mol. The molecule has 0 bridgehead atoms. The maximum atomic E-state index is 11.9. The molecule has 0 aliphatic rings. The van der Waals surface area contributed by atoms with E-state index in [1.165, 1.54) is 0 Å². The highest BCUT2D eigenvalue weighted by molar-refractivity contribution is 5.81. The van der Waals surface area contributed by atoms with E-state index in [-0.39, 0.29) is 22.9 Å². The summed E-state index contributed by atoms with van der Waals surface area (Å²) in [5.74, 6) is 0.0868. The minimum Gasteiger partial charge on any atom is -0.350 e. The van der Waals surface area contributed by atoms with E-state index in [4.69, 9.17) is 0 Å². The predicted octanol–water partition coefficient (Wildman–Crippen LogP) is 2.71. The molecule has 2 N–H and O–H groups in total. The first kappa shape index (κ1) is 16.4. The molecule has 17 heavy (non-hydrogen) atoms. The van der Waals surface area contributed by atoms with Crippen molar-refractivity contribution in [3.63, 3.8) is 0 Å². The van der Waals surface area contributed by atoms with E-state index in [9.17, 15) is 4.79 Å². The zero-order valence-electron chi connectivity index (χ0n) is 12.6. The van der Waals surface area contributed by atoms with Crippen molar-refractivity contribution < 1.29 is 4.79 Å². The number of hydrogen-bond acceptors (Lipinski definition) is 2. The number of amides is 1. The van der Waals surface area contributed by atoms with Crippen LogP contribution in [0.15, 0.2) is 0 Å². The van der Waals surface area contributed by atoms with E-state index >= 15 is 0 Å². The van der Waals surface area contributed by atoms with Crippen LogP contribution in [0.4, 0.5) is 0 Å². The lowest BCUT2D eigenvalue weighted by molar-refractivity contribution is -0.124. The van der Waals surface area contributed by atoms with Crippen LogP contribution in [0.2, 0.25) is 0 Å². The van der Waals surface area contributed by atoms with E-state index in [1.807, 2.05) is 20.8 Å². The Morgan fingerprint density at radius 1 is 1.12 bits per heavy atom. The maximum absolute atomic E-state index is 11.9. The van der Waals surface area contributed by atoms with Crippen molar-refractivity contribution in [2.24, 2.45) is 5.41 Å². The van der Waals surface area contributed by atoms with E-state index < -0.39 is 0 Å². The summed E-state index contributed by atoms with van der Waals surface area (Å²) in [5.41, 5.74) is 0.127. The Morgan fingerprint density at radius 3 is 2.06 bits per heavy atom. The Morgan fingerprint density at radius 2 is 1.65 bits per heavy atom. The summed E-state index contributed by atoms with van der Waals surface area (Å²) >= 11 is 0. The van der Waals surface area contributed by atoms with Crippen molar-refractivity contribution in [2.45, 2.75) is 72.9 Å². The summed E-state index contributed by atoms with van der Waals surface area (Å²) in [6, 6.07) is -0.133. The molecule has 1 atom stereocenters. The topological polar surface area (TPSA) is 41.1 Å². The van der Waals surface area contributed by atoms with Crippen LogP contribution in [0.25, 0.3) is 0 Å². The molecule has 0 aromatic carbocycles. The Kier molecular flexibility index (Phi) is 6.17. The van der Waals surface area contributed by atoms with Gasteiger partial charge < -0.3 is 10.6 Å². The Hall–Kier alpha value is -0.570. The molecule has 0 saturated carbocycles. The fraction of sp³-hybridized carbons (Fsp3) is 0.929. The van der Waals surface area contributed by atoms with Crippen molar-refractivity contribution in [1.29, 1.82) is 0 Å². The van der Waals surface area contributed by atoms with Gasteiger partial charge in [0, 0.05) is 12.1 Å². The van der Waals surface area contributed by atoms with Crippen LogP contribution < -0.4 is 10.6 Å². The zero-order valence-corrected chi connectivity index (χ0v) is 12.6. The molecule has 0 rings (SSSR count). The summed E-state index contributed by atoms with van der Waals surface area (Å²) < 4.78 is 0. The normalized spacial score (nSPS) is 14.5. The molecule has 3 heteroatoms. The third-order valence-electron chi connectivity index (χ3n) is 3.58. The lowest BCUT2D eigenvalue weighted by Crippen LogP contribution is -2.51. The van der Waals surface area contributed by atoms with Gasteiger partial charge in [0.15, 0.2) is 0 Å². The molecule has 1 unspecified atom stereocenters. The van der Waals surface area contributed by atoms with Crippen molar-refractivity contribution in [1.82, 2.24) is 10.6 Å². The smallest absolute Gasteiger partial charge is 0.237 e. The van der Waals surface area contributed by atoms with E-state index in [1.54, 1.807) is 0 Å². The van der Waals surface area contributed by atoms with Gasteiger partial charge >= 0.3 is 0 Å². The zero-order chi connectivity index (χ0) is 13.7. The Bertz CT molecular complexity index is 247. The van der Waals surface area contributed by atoms with Crippen LogP contribution in [0.5, 0.6) is 0 Å². The minimum atomic E-state index is -0.133. The molecule has 102 valence electrons. The first-order chi connectivity index (χ1) is 7.63. The van der Waals surface area contributed by atoms with Gasteiger partial charge in [-0.2, -0.15) is 0 Å². The second-order valence-electron chi connectivity index (χ2n) is 6.35. The molecule has 0 saturated heterocycles. The first-order valence-corrected chi connectivity index (χ1v) is 6.69. The van der Waals surface area contributed by atoms with E-state index in [0.29, 0.717) is 0 Å². The second-order valence-corrected chi connectivity index (χ2v) is 6.35. The van der Waals surface area contributed by atoms with Crippen LogP contribution in [0.1, 0.15) is 61.3 Å². The minimum absolute atomic E-state index is 0.0868.